The van der Waals surface area contributed by atoms with Gasteiger partial charge in [-0.3, -0.25) is 9.36 Å². The molecule has 19 heavy (non-hydrogen) atoms. The molecule has 0 bridgehead atoms. The van der Waals surface area contributed by atoms with Gasteiger partial charge in [0.15, 0.2) is 4.62 Å². The van der Waals surface area contributed by atoms with Crippen molar-refractivity contribution >= 4 is 25.2 Å². The Morgan fingerprint density at radius 2 is 1.63 bits per heavy atom. The third-order valence-electron chi connectivity index (χ3n) is 3.08. The van der Waals surface area contributed by atoms with Crippen molar-refractivity contribution in [1.29, 1.82) is 0 Å². The van der Waals surface area contributed by atoms with Crippen LogP contribution in [0.1, 0.15) is 41.0 Å². The summed E-state index contributed by atoms with van der Waals surface area (Å²) >= 11 is 6.41. The molecule has 0 unspecified atom stereocenters. The summed E-state index contributed by atoms with van der Waals surface area (Å²) in [6.45, 7) is 8.59. The van der Waals surface area contributed by atoms with Crippen LogP contribution in [0.15, 0.2) is 0 Å². The van der Waals surface area contributed by atoms with Crippen molar-refractivity contribution in [2.45, 2.75) is 57.9 Å². The lowest BCUT2D eigenvalue weighted by Crippen LogP contribution is -2.26. The van der Waals surface area contributed by atoms with Crippen molar-refractivity contribution in [3.05, 3.63) is 0 Å². The number of methoxy groups -OCH3 is 1. The van der Waals surface area contributed by atoms with Crippen LogP contribution in [0.4, 0.5) is 0 Å². The van der Waals surface area contributed by atoms with Crippen LogP contribution in [0.3, 0.4) is 0 Å². The van der Waals surface area contributed by atoms with Gasteiger partial charge in [0.1, 0.15) is 0 Å². The molecule has 0 aromatic carbocycles. The number of halogens is 1. The van der Waals surface area contributed by atoms with Crippen molar-refractivity contribution in [2.75, 3.05) is 7.11 Å². The van der Waals surface area contributed by atoms with E-state index in [1.807, 2.05) is 0 Å². The van der Waals surface area contributed by atoms with E-state index in [0.29, 0.717) is 0 Å². The number of alkyl halides is 1. The van der Waals surface area contributed by atoms with Crippen LogP contribution in [0.2, 0.25) is 0 Å². The van der Waals surface area contributed by atoms with Crippen LogP contribution in [0.25, 0.3) is 0 Å². The third kappa shape index (κ3) is 2.85. The van der Waals surface area contributed by atoms with Crippen molar-refractivity contribution in [3.8, 4) is 0 Å². The lowest BCUT2D eigenvalue weighted by molar-refractivity contribution is -0.146. The second-order valence-electron chi connectivity index (χ2n) is 5.57. The van der Waals surface area contributed by atoms with Crippen LogP contribution in [-0.4, -0.2) is 29.9 Å². The lowest BCUT2D eigenvalue weighted by Gasteiger charge is -2.28. The Bertz CT molecular complexity index is 397. The van der Waals surface area contributed by atoms with E-state index in [0.717, 1.165) is 0 Å². The van der Waals surface area contributed by atoms with E-state index in [1.54, 1.807) is 34.6 Å². The third-order valence-corrected chi connectivity index (χ3v) is 7.17. The van der Waals surface area contributed by atoms with Gasteiger partial charge >= 0.3 is 13.6 Å². The van der Waals surface area contributed by atoms with E-state index in [1.165, 1.54) is 7.11 Å². The zero-order valence-electron chi connectivity index (χ0n) is 12.2. The fraction of sp³-hybridized carbons (Fsp3) is 0.917. The lowest BCUT2D eigenvalue weighted by atomic mass is 10.1. The number of hydrogen-bond donors (Lipinski definition) is 0. The minimum Gasteiger partial charge on any atom is -0.469 e. The summed E-state index contributed by atoms with van der Waals surface area (Å²) in [6, 6.07) is 0. The van der Waals surface area contributed by atoms with Crippen LogP contribution in [0, 0.1) is 5.41 Å². The molecule has 0 aromatic rings. The summed E-state index contributed by atoms with van der Waals surface area (Å²) < 4.78 is 27.3. The molecule has 0 amide bonds. The molecular formula is C12H22ClO5P. The molecule has 0 heterocycles. The summed E-state index contributed by atoms with van der Waals surface area (Å²) in [5, 5.41) is 0. The molecule has 0 spiro atoms. The summed E-state index contributed by atoms with van der Waals surface area (Å²) in [5.74, 6) is -0.498. The minimum absolute atomic E-state index is 0.213. The van der Waals surface area contributed by atoms with Crippen LogP contribution >= 0.6 is 19.2 Å². The highest BCUT2D eigenvalue weighted by Crippen LogP contribution is 2.82. The number of carbonyl (C=O) groups is 1. The average molecular weight is 313 g/mol. The highest BCUT2D eigenvalue weighted by atomic mass is 35.5. The first-order chi connectivity index (χ1) is 8.52. The Morgan fingerprint density at radius 3 is 1.95 bits per heavy atom. The molecule has 0 aromatic heterocycles. The normalized spacial score (nSPS) is 30.8. The van der Waals surface area contributed by atoms with Crippen molar-refractivity contribution in [3.63, 3.8) is 0 Å². The molecule has 2 atom stereocenters. The Labute approximate surface area is 119 Å². The molecule has 0 N–H and O–H groups in total. The topological polar surface area (TPSA) is 61.8 Å². The van der Waals surface area contributed by atoms with E-state index >= 15 is 0 Å². The van der Waals surface area contributed by atoms with E-state index in [-0.39, 0.29) is 18.6 Å². The Balaban J connectivity index is 3.08. The summed E-state index contributed by atoms with van der Waals surface area (Å²) in [6.07, 6.45) is -0.421. The standard InChI is InChI=1S/C12H22ClO5P/c1-8(2)17-19(15,18-9(3)4)12(13)7-11(12,5)10(14)16-6/h8-9H,7H2,1-6H3/t11-,12-/m0/s1. The van der Waals surface area contributed by atoms with Gasteiger partial charge in [0.25, 0.3) is 0 Å². The van der Waals surface area contributed by atoms with E-state index in [2.05, 4.69) is 0 Å². The number of rotatable bonds is 6. The fourth-order valence-corrected chi connectivity index (χ4v) is 5.31. The van der Waals surface area contributed by atoms with Gasteiger partial charge in [-0.05, 0) is 41.0 Å². The molecule has 0 aliphatic heterocycles. The zero-order valence-corrected chi connectivity index (χ0v) is 13.9. The zero-order chi connectivity index (χ0) is 15.1. The quantitative estimate of drug-likeness (QED) is 0.426. The first-order valence-corrected chi connectivity index (χ1v) is 8.19. The van der Waals surface area contributed by atoms with Crippen molar-refractivity contribution in [2.24, 2.45) is 5.41 Å². The number of carbonyl (C=O) groups excluding carboxylic acids is 1. The van der Waals surface area contributed by atoms with Gasteiger partial charge < -0.3 is 13.8 Å². The minimum atomic E-state index is -3.63. The molecule has 1 aliphatic carbocycles. The van der Waals surface area contributed by atoms with E-state index in [4.69, 9.17) is 25.4 Å². The van der Waals surface area contributed by atoms with Crippen molar-refractivity contribution in [1.82, 2.24) is 0 Å². The Kier molecular flexibility index (Phi) is 4.79. The first kappa shape index (κ1) is 17.0. The maximum atomic E-state index is 13.0. The molecule has 7 heteroatoms. The summed E-state index contributed by atoms with van der Waals surface area (Å²) in [7, 11) is -2.35. The van der Waals surface area contributed by atoms with Crippen LogP contribution < -0.4 is 0 Å². The highest BCUT2D eigenvalue weighted by molar-refractivity contribution is 7.58. The van der Waals surface area contributed by atoms with Gasteiger partial charge in [-0.2, -0.15) is 0 Å². The molecule has 112 valence electrons. The molecule has 1 fully saturated rings. The molecular weight excluding hydrogens is 291 g/mol. The van der Waals surface area contributed by atoms with Gasteiger partial charge in [0.05, 0.1) is 24.7 Å². The first-order valence-electron chi connectivity index (χ1n) is 6.26. The Hall–Kier alpha value is -0.0900. The van der Waals surface area contributed by atoms with Crippen LogP contribution in [-0.2, 0) is 23.1 Å². The molecule has 1 rings (SSSR count). The predicted octanol–water partition coefficient (Wildman–Crippen LogP) is 3.55. The molecule has 0 saturated heterocycles. The second kappa shape index (κ2) is 5.36. The predicted molar refractivity (Wildman–Crippen MR) is 73.4 cm³/mol. The molecule has 0 radical (unpaired) electrons. The average Bonchev–Trinajstić information content (AvgIpc) is 2.81. The summed E-state index contributed by atoms with van der Waals surface area (Å²) in [4.78, 5) is 11.8. The highest BCUT2D eigenvalue weighted by Gasteiger charge is 2.79. The van der Waals surface area contributed by atoms with Gasteiger partial charge in [0, 0.05) is 0 Å². The SMILES string of the molecule is COC(=O)[C@]1(C)C[C@]1(Cl)P(=O)(OC(C)C)OC(C)C. The maximum absolute atomic E-state index is 13.0. The Morgan fingerprint density at radius 1 is 1.21 bits per heavy atom. The smallest absolute Gasteiger partial charge is 0.353 e. The van der Waals surface area contributed by atoms with Gasteiger partial charge in [0.2, 0.25) is 0 Å². The largest absolute Gasteiger partial charge is 0.469 e. The van der Waals surface area contributed by atoms with Crippen LogP contribution in [0.5, 0.6) is 0 Å². The number of esters is 1. The number of ether oxygens (including phenoxy) is 1. The van der Waals surface area contributed by atoms with Crippen molar-refractivity contribution < 1.29 is 23.1 Å². The van der Waals surface area contributed by atoms with Gasteiger partial charge in [-0.15, -0.1) is 11.6 Å². The maximum Gasteiger partial charge on any atom is 0.353 e. The van der Waals surface area contributed by atoms with E-state index < -0.39 is 23.6 Å². The summed E-state index contributed by atoms with van der Waals surface area (Å²) in [5.41, 5.74) is -1.04. The van der Waals surface area contributed by atoms with Gasteiger partial charge in [-0.1, -0.05) is 0 Å². The molecule has 5 nitrogen and oxygen atoms in total. The fourth-order valence-electron chi connectivity index (χ4n) is 2.02. The van der Waals surface area contributed by atoms with Gasteiger partial charge in [-0.25, -0.2) is 0 Å². The molecule has 1 saturated carbocycles. The van der Waals surface area contributed by atoms with E-state index in [9.17, 15) is 9.36 Å². The monoisotopic (exact) mass is 312 g/mol. The number of hydrogen-bond acceptors (Lipinski definition) is 5. The molecule has 1 aliphatic rings. The second-order valence-corrected chi connectivity index (χ2v) is 8.65.